The Morgan fingerprint density at radius 2 is 1.96 bits per heavy atom. The number of amidine groups is 1. The van der Waals surface area contributed by atoms with Crippen LogP contribution in [0.4, 0.5) is 4.79 Å². The van der Waals surface area contributed by atoms with Gasteiger partial charge in [-0.2, -0.15) is 0 Å². The summed E-state index contributed by atoms with van der Waals surface area (Å²) in [5.74, 6) is 0.579. The monoisotopic (exact) mass is 386 g/mol. The lowest BCUT2D eigenvalue weighted by atomic mass is 10.1. The van der Waals surface area contributed by atoms with Crippen LogP contribution >= 0.6 is 0 Å². The molecule has 2 rings (SSSR count). The van der Waals surface area contributed by atoms with Gasteiger partial charge in [-0.15, -0.1) is 0 Å². The number of aliphatic imine (C=N–C) groups is 1. The highest BCUT2D eigenvalue weighted by Crippen LogP contribution is 2.17. The molecule has 0 atom stereocenters. The van der Waals surface area contributed by atoms with Gasteiger partial charge in [-0.05, 0) is 33.4 Å². The number of nitrogens with one attached hydrogen (secondary N) is 1. The van der Waals surface area contributed by atoms with Crippen molar-refractivity contribution in [3.05, 3.63) is 47.5 Å². The molecule has 0 unspecified atom stereocenters. The Bertz CT molecular complexity index is 748. The first-order chi connectivity index (χ1) is 13.2. The van der Waals surface area contributed by atoms with E-state index < -0.39 is 5.60 Å². The van der Waals surface area contributed by atoms with E-state index in [1.165, 1.54) is 0 Å². The predicted molar refractivity (Wildman–Crippen MR) is 110 cm³/mol. The van der Waals surface area contributed by atoms with Gasteiger partial charge < -0.3 is 15.0 Å². The van der Waals surface area contributed by atoms with Gasteiger partial charge in [0.25, 0.3) is 0 Å². The minimum Gasteiger partial charge on any atom is -0.443 e. The topological polar surface area (TPSA) is 74.2 Å². The summed E-state index contributed by atoms with van der Waals surface area (Å²) in [5, 5.41) is 2.96. The fourth-order valence-corrected chi connectivity index (χ4v) is 2.70. The van der Waals surface area contributed by atoms with E-state index in [0.29, 0.717) is 32.0 Å². The Hall–Kier alpha value is -2.67. The molecule has 0 radical (unpaired) electrons. The summed E-state index contributed by atoms with van der Waals surface area (Å²) >= 11 is 0. The molecule has 152 valence electrons. The van der Waals surface area contributed by atoms with Crippen molar-refractivity contribution in [2.24, 2.45) is 4.99 Å². The van der Waals surface area contributed by atoms with Crippen LogP contribution in [-0.4, -0.2) is 67.0 Å². The van der Waals surface area contributed by atoms with Gasteiger partial charge in [0.1, 0.15) is 11.4 Å². The second kappa shape index (κ2) is 9.50. The summed E-state index contributed by atoms with van der Waals surface area (Å²) in [4.78, 5) is 32.2. The summed E-state index contributed by atoms with van der Waals surface area (Å²) in [6.07, 6.45) is 2.98. The zero-order valence-corrected chi connectivity index (χ0v) is 17.4. The molecule has 1 heterocycles. The van der Waals surface area contributed by atoms with Gasteiger partial charge >= 0.3 is 6.09 Å². The molecule has 7 heteroatoms. The van der Waals surface area contributed by atoms with Crippen LogP contribution in [0, 0.1) is 0 Å². The number of amides is 2. The van der Waals surface area contributed by atoms with Crippen LogP contribution in [0.3, 0.4) is 0 Å². The first-order valence-corrected chi connectivity index (χ1v) is 9.42. The minimum atomic E-state index is -0.548. The van der Waals surface area contributed by atoms with Crippen LogP contribution in [0.5, 0.6) is 0 Å². The molecular formula is C21H30N4O3. The van der Waals surface area contributed by atoms with Gasteiger partial charge in [-0.1, -0.05) is 30.3 Å². The van der Waals surface area contributed by atoms with Crippen molar-refractivity contribution in [1.29, 1.82) is 0 Å². The minimum absolute atomic E-state index is 0.0457. The number of hydrogen-bond acceptors (Lipinski definition) is 5. The molecule has 1 aliphatic heterocycles. The molecular weight excluding hydrogens is 356 g/mol. The molecule has 0 aromatic heterocycles. The number of likely N-dealkylation sites (N-methyl/N-ethyl adjacent to an activating group) is 2. The fourth-order valence-electron chi connectivity index (χ4n) is 2.70. The van der Waals surface area contributed by atoms with Crippen molar-refractivity contribution >= 4 is 17.8 Å². The zero-order valence-electron chi connectivity index (χ0n) is 17.4. The van der Waals surface area contributed by atoms with Crippen LogP contribution < -0.4 is 5.32 Å². The van der Waals surface area contributed by atoms with Crippen molar-refractivity contribution in [2.45, 2.75) is 32.9 Å². The molecule has 2 amide bonds. The molecule has 28 heavy (non-hydrogen) atoms. The summed E-state index contributed by atoms with van der Waals surface area (Å²) in [7, 11) is 3.60. The molecule has 0 spiro atoms. The van der Waals surface area contributed by atoms with Crippen molar-refractivity contribution in [3.63, 3.8) is 0 Å². The van der Waals surface area contributed by atoms with Crippen molar-refractivity contribution in [1.82, 2.24) is 15.1 Å². The van der Waals surface area contributed by atoms with Crippen LogP contribution in [0.15, 0.2) is 41.4 Å². The number of carbonyl (C=O) groups is 2. The molecule has 7 nitrogen and oxygen atoms in total. The van der Waals surface area contributed by atoms with Gasteiger partial charge in [0, 0.05) is 31.8 Å². The normalized spacial score (nSPS) is 14.3. The van der Waals surface area contributed by atoms with Crippen molar-refractivity contribution in [3.8, 4) is 0 Å². The van der Waals surface area contributed by atoms with Crippen LogP contribution in [0.1, 0.15) is 31.9 Å². The van der Waals surface area contributed by atoms with E-state index in [1.807, 2.05) is 52.1 Å². The lowest BCUT2D eigenvalue weighted by molar-refractivity contribution is -0.125. The highest BCUT2D eigenvalue weighted by Gasteiger charge is 2.29. The number of benzene rings is 1. The lowest BCUT2D eigenvalue weighted by Gasteiger charge is -2.25. The van der Waals surface area contributed by atoms with Gasteiger partial charge in [0.15, 0.2) is 0 Å². The third-order valence-corrected chi connectivity index (χ3v) is 4.05. The maximum atomic E-state index is 12.4. The molecule has 1 aromatic rings. The number of rotatable bonds is 6. The predicted octanol–water partition coefficient (Wildman–Crippen LogP) is 2.42. The maximum Gasteiger partial charge on any atom is 0.416 e. The summed E-state index contributed by atoms with van der Waals surface area (Å²) in [6.45, 7) is 7.78. The Morgan fingerprint density at radius 1 is 1.29 bits per heavy atom. The molecule has 1 aromatic carbocycles. The van der Waals surface area contributed by atoms with E-state index in [4.69, 9.17) is 4.74 Å². The SMILES string of the molecule is CNC/C=C/C(=O)N(C)Cc1ccc(C2=NCCN2C(=O)OC(C)(C)C)cc1. The van der Waals surface area contributed by atoms with E-state index in [-0.39, 0.29) is 12.0 Å². The quantitative estimate of drug-likeness (QED) is 0.762. The lowest BCUT2D eigenvalue weighted by Crippen LogP contribution is -2.39. The van der Waals surface area contributed by atoms with E-state index in [9.17, 15) is 9.59 Å². The molecule has 0 bridgehead atoms. The molecule has 1 aliphatic rings. The van der Waals surface area contributed by atoms with Crippen molar-refractivity contribution < 1.29 is 14.3 Å². The number of hydrogen-bond donors (Lipinski definition) is 1. The summed E-state index contributed by atoms with van der Waals surface area (Å²) < 4.78 is 5.47. The molecule has 0 saturated carbocycles. The zero-order chi connectivity index (χ0) is 20.7. The second-order valence-electron chi connectivity index (χ2n) is 7.69. The van der Waals surface area contributed by atoms with Crippen LogP contribution in [0.25, 0.3) is 0 Å². The van der Waals surface area contributed by atoms with Gasteiger partial charge in [-0.25, -0.2) is 4.79 Å². The number of carbonyl (C=O) groups excluding carboxylic acids is 2. The third kappa shape index (κ3) is 6.20. The Morgan fingerprint density at radius 3 is 2.57 bits per heavy atom. The standard InChI is InChI=1S/C21H30N4O3/c1-21(2,3)28-20(27)25-14-13-23-19(25)17-10-8-16(9-11-17)15-24(5)18(26)7-6-12-22-4/h6-11,22H,12-15H2,1-5H3/b7-6+. The van der Waals surface area contributed by atoms with Crippen molar-refractivity contribution in [2.75, 3.05) is 33.7 Å². The Balaban J connectivity index is 2.01. The fraction of sp³-hybridized carbons (Fsp3) is 0.476. The highest BCUT2D eigenvalue weighted by molar-refractivity contribution is 6.07. The summed E-state index contributed by atoms with van der Waals surface area (Å²) in [5.41, 5.74) is 1.31. The van der Waals surface area contributed by atoms with Gasteiger partial charge in [0.2, 0.25) is 5.91 Å². The Kier molecular flexibility index (Phi) is 7.34. The van der Waals surface area contributed by atoms with E-state index in [0.717, 1.165) is 11.1 Å². The molecule has 0 aliphatic carbocycles. The number of ether oxygens (including phenoxy) is 1. The smallest absolute Gasteiger partial charge is 0.416 e. The third-order valence-electron chi connectivity index (χ3n) is 4.05. The van der Waals surface area contributed by atoms with Gasteiger partial charge in [-0.3, -0.25) is 14.7 Å². The first-order valence-electron chi connectivity index (χ1n) is 9.42. The van der Waals surface area contributed by atoms with E-state index in [1.54, 1.807) is 29.0 Å². The molecule has 1 N–H and O–H groups in total. The average molecular weight is 386 g/mol. The van der Waals surface area contributed by atoms with Crippen LogP contribution in [0.2, 0.25) is 0 Å². The largest absolute Gasteiger partial charge is 0.443 e. The maximum absolute atomic E-state index is 12.4. The highest BCUT2D eigenvalue weighted by atomic mass is 16.6. The van der Waals surface area contributed by atoms with Crippen LogP contribution in [-0.2, 0) is 16.1 Å². The Labute approximate surface area is 167 Å². The van der Waals surface area contributed by atoms with E-state index >= 15 is 0 Å². The molecule has 0 fully saturated rings. The second-order valence-corrected chi connectivity index (χ2v) is 7.69. The first kappa shape index (κ1) is 21.6. The summed E-state index contributed by atoms with van der Waals surface area (Å²) in [6, 6.07) is 7.74. The molecule has 0 saturated heterocycles. The average Bonchev–Trinajstić information content (AvgIpc) is 3.11. The van der Waals surface area contributed by atoms with E-state index in [2.05, 4.69) is 10.3 Å². The van der Waals surface area contributed by atoms with Gasteiger partial charge in [0.05, 0.1) is 13.1 Å². The number of nitrogens with zero attached hydrogens (tertiary/aromatic N) is 3.